The summed E-state index contributed by atoms with van der Waals surface area (Å²) in [6.07, 6.45) is 0.919. The van der Waals surface area contributed by atoms with Crippen LogP contribution in [0.25, 0.3) is 0 Å². The molecule has 4 fully saturated rings. The molecule has 0 aromatic carbocycles. The molecule has 0 bridgehead atoms. The van der Waals surface area contributed by atoms with Gasteiger partial charge in [0, 0.05) is 16.7 Å². The van der Waals surface area contributed by atoms with Crippen LogP contribution >= 0.6 is 0 Å². The fourth-order valence-electron chi connectivity index (χ4n) is 8.14. The lowest BCUT2D eigenvalue weighted by molar-refractivity contribution is -0.235. The van der Waals surface area contributed by atoms with Crippen molar-refractivity contribution in [1.29, 1.82) is 0 Å². The first-order chi connectivity index (χ1) is 16.5. The second kappa shape index (κ2) is 8.25. The van der Waals surface area contributed by atoms with E-state index in [1.54, 1.807) is 6.92 Å². The van der Waals surface area contributed by atoms with Crippen molar-refractivity contribution >= 4 is 11.6 Å². The molecule has 2 unspecified atom stereocenters. The first-order valence-electron chi connectivity index (χ1n) is 12.6. The average Bonchev–Trinajstić information content (AvgIpc) is 3.28. The number of Topliss-reactive ketones (excluding diaryl/α,β-unsaturated/α-hetero) is 1. The summed E-state index contributed by atoms with van der Waals surface area (Å²) in [6, 6.07) is 0. The highest BCUT2D eigenvalue weighted by Crippen LogP contribution is 2.72. The standard InChI is InChI=1S/C26H35F2NO6/c1-4-5-22-34-21-10-15-16-9-18(27)17-8-14(30)6-7-23(17,2)25(16,28)19(31)11-24(15,3)26(21,35-22)20(32)12-33-13-29/h6-8,15-16,18-19,21-22,31H,4-5,9-13,29H2,1-3H3/t15-,16-,18-,19-,21?,22?,23-,24-,25-,26+/m0/s1. The van der Waals surface area contributed by atoms with Gasteiger partial charge in [-0.2, -0.15) is 0 Å². The number of aliphatic hydroxyl groups is 1. The number of halogens is 2. The van der Waals surface area contributed by atoms with Gasteiger partial charge < -0.3 is 25.1 Å². The van der Waals surface area contributed by atoms with E-state index in [4.69, 9.17) is 19.9 Å². The van der Waals surface area contributed by atoms with Gasteiger partial charge in [0.25, 0.3) is 0 Å². The molecule has 4 aliphatic carbocycles. The highest BCUT2D eigenvalue weighted by atomic mass is 19.1. The van der Waals surface area contributed by atoms with Crippen molar-refractivity contribution in [2.45, 2.75) is 88.8 Å². The number of carbonyl (C=O) groups excluding carboxylic acids is 2. The third kappa shape index (κ3) is 3.05. The summed E-state index contributed by atoms with van der Waals surface area (Å²) < 4.78 is 50.8. The van der Waals surface area contributed by atoms with E-state index in [1.165, 1.54) is 18.2 Å². The first-order valence-corrected chi connectivity index (χ1v) is 12.6. The number of ketones is 2. The Labute approximate surface area is 204 Å². The minimum atomic E-state index is -2.22. The topological polar surface area (TPSA) is 108 Å². The van der Waals surface area contributed by atoms with Crippen LogP contribution in [-0.4, -0.2) is 66.0 Å². The number of ether oxygens (including phenoxy) is 3. The molecule has 1 aliphatic heterocycles. The lowest BCUT2D eigenvalue weighted by atomic mass is 9.44. The van der Waals surface area contributed by atoms with Gasteiger partial charge in [-0.1, -0.05) is 26.3 Å². The molecule has 0 amide bonds. The smallest absolute Gasteiger partial charge is 0.193 e. The Hall–Kier alpha value is -1.52. The zero-order valence-corrected chi connectivity index (χ0v) is 20.5. The van der Waals surface area contributed by atoms with Gasteiger partial charge in [0.2, 0.25) is 0 Å². The molecule has 1 heterocycles. The van der Waals surface area contributed by atoms with Crippen LogP contribution in [0.1, 0.15) is 52.9 Å². The van der Waals surface area contributed by atoms with Gasteiger partial charge in [-0.15, -0.1) is 0 Å². The monoisotopic (exact) mass is 495 g/mol. The normalized spacial score (nSPS) is 50.3. The van der Waals surface area contributed by atoms with Crippen molar-refractivity contribution in [1.82, 2.24) is 0 Å². The minimum absolute atomic E-state index is 0.0701. The molecule has 35 heavy (non-hydrogen) atoms. The third-order valence-electron chi connectivity index (χ3n) is 9.71. The number of hydrogen-bond donors (Lipinski definition) is 2. The molecule has 3 saturated carbocycles. The second-order valence-corrected chi connectivity index (χ2v) is 11.2. The average molecular weight is 496 g/mol. The molecular weight excluding hydrogens is 460 g/mol. The molecule has 5 rings (SSSR count). The maximum atomic E-state index is 17.3. The highest BCUT2D eigenvalue weighted by Gasteiger charge is 2.79. The zero-order valence-electron chi connectivity index (χ0n) is 20.5. The number of carbonyl (C=O) groups is 2. The fraction of sp³-hybridized carbons (Fsp3) is 0.769. The van der Waals surface area contributed by atoms with Crippen LogP contribution in [0.15, 0.2) is 23.8 Å². The van der Waals surface area contributed by atoms with Gasteiger partial charge in [0.15, 0.2) is 29.1 Å². The Morgan fingerprint density at radius 3 is 2.74 bits per heavy atom. The lowest BCUT2D eigenvalue weighted by Gasteiger charge is -2.63. The van der Waals surface area contributed by atoms with E-state index in [0.717, 1.165) is 6.42 Å². The van der Waals surface area contributed by atoms with E-state index < -0.39 is 58.6 Å². The van der Waals surface area contributed by atoms with Crippen LogP contribution < -0.4 is 5.73 Å². The number of rotatable bonds is 6. The van der Waals surface area contributed by atoms with Gasteiger partial charge in [0.05, 0.1) is 18.9 Å². The van der Waals surface area contributed by atoms with E-state index in [2.05, 4.69) is 0 Å². The number of aliphatic hydroxyl groups excluding tert-OH is 1. The summed E-state index contributed by atoms with van der Waals surface area (Å²) in [5, 5.41) is 11.5. The second-order valence-electron chi connectivity index (χ2n) is 11.2. The number of alkyl halides is 2. The molecule has 9 heteroatoms. The molecule has 0 aromatic heterocycles. The van der Waals surface area contributed by atoms with Gasteiger partial charge in [-0.25, -0.2) is 8.78 Å². The predicted molar refractivity (Wildman–Crippen MR) is 121 cm³/mol. The van der Waals surface area contributed by atoms with Gasteiger partial charge in [-0.05, 0) is 56.3 Å². The Balaban J connectivity index is 1.60. The Morgan fingerprint density at radius 2 is 2.06 bits per heavy atom. The molecule has 0 aromatic rings. The van der Waals surface area contributed by atoms with Gasteiger partial charge >= 0.3 is 0 Å². The number of fused-ring (bicyclic) bond motifs is 7. The fourth-order valence-corrected chi connectivity index (χ4v) is 8.14. The van der Waals surface area contributed by atoms with Crippen molar-refractivity contribution in [2.75, 3.05) is 13.3 Å². The summed E-state index contributed by atoms with van der Waals surface area (Å²) in [5.74, 6) is -2.14. The number of nitrogens with two attached hydrogens (primary N) is 1. The molecule has 0 radical (unpaired) electrons. The van der Waals surface area contributed by atoms with Crippen LogP contribution in [0, 0.1) is 22.7 Å². The summed E-state index contributed by atoms with van der Waals surface area (Å²) in [6.45, 7) is 4.94. The molecule has 1 saturated heterocycles. The lowest BCUT2D eigenvalue weighted by Crippen LogP contribution is -2.71. The Morgan fingerprint density at radius 1 is 1.31 bits per heavy atom. The van der Waals surface area contributed by atoms with Gasteiger partial charge in [0.1, 0.15) is 12.8 Å². The van der Waals surface area contributed by atoms with Crippen molar-refractivity contribution in [3.8, 4) is 0 Å². The van der Waals surface area contributed by atoms with Gasteiger partial charge in [-0.3, -0.25) is 9.59 Å². The van der Waals surface area contributed by atoms with Crippen LogP contribution in [0.5, 0.6) is 0 Å². The summed E-state index contributed by atoms with van der Waals surface area (Å²) in [4.78, 5) is 25.7. The highest BCUT2D eigenvalue weighted by molar-refractivity contribution is 6.01. The summed E-state index contributed by atoms with van der Waals surface area (Å²) >= 11 is 0. The van der Waals surface area contributed by atoms with E-state index >= 15 is 8.78 Å². The third-order valence-corrected chi connectivity index (χ3v) is 9.71. The van der Waals surface area contributed by atoms with Crippen molar-refractivity contribution in [3.63, 3.8) is 0 Å². The molecule has 3 N–H and O–H groups in total. The van der Waals surface area contributed by atoms with Crippen LogP contribution in [0.4, 0.5) is 8.78 Å². The minimum Gasteiger partial charge on any atom is -0.390 e. The maximum Gasteiger partial charge on any atom is 0.193 e. The van der Waals surface area contributed by atoms with E-state index in [0.29, 0.717) is 12.8 Å². The van der Waals surface area contributed by atoms with Crippen molar-refractivity contribution in [2.24, 2.45) is 28.4 Å². The quantitative estimate of drug-likeness (QED) is 0.546. The van der Waals surface area contributed by atoms with E-state index in [-0.39, 0.29) is 43.3 Å². The maximum absolute atomic E-state index is 17.3. The number of allylic oxidation sites excluding steroid dienone is 4. The molecular formula is C26H35F2NO6. The van der Waals surface area contributed by atoms with E-state index in [9.17, 15) is 14.7 Å². The van der Waals surface area contributed by atoms with Crippen LogP contribution in [0.3, 0.4) is 0 Å². The van der Waals surface area contributed by atoms with E-state index in [1.807, 2.05) is 13.8 Å². The Bertz CT molecular complexity index is 987. The Kier molecular flexibility index (Phi) is 5.92. The molecule has 0 spiro atoms. The summed E-state index contributed by atoms with van der Waals surface area (Å²) in [5.41, 5.74) is -0.623. The van der Waals surface area contributed by atoms with Crippen LogP contribution in [0.2, 0.25) is 0 Å². The number of hydrogen-bond acceptors (Lipinski definition) is 7. The largest absolute Gasteiger partial charge is 0.390 e. The zero-order chi connectivity index (χ0) is 25.4. The first kappa shape index (κ1) is 25.1. The predicted octanol–water partition coefficient (Wildman–Crippen LogP) is 2.70. The summed E-state index contributed by atoms with van der Waals surface area (Å²) in [7, 11) is 0. The SMILES string of the molecule is CCCC1OC2C[C@H]3[C@@H]4C[C@H](F)C5=CC(=O)C=C[C@]5(C)[C@@]4(F)[C@@H](O)C[C@]3(C)[C@]2(C(=O)COCN)O1. The molecule has 7 nitrogen and oxygen atoms in total. The van der Waals surface area contributed by atoms with Crippen molar-refractivity contribution in [3.05, 3.63) is 23.8 Å². The molecule has 5 aliphatic rings. The molecule has 10 atom stereocenters. The molecule has 194 valence electrons. The van der Waals surface area contributed by atoms with Crippen molar-refractivity contribution < 1.29 is 37.7 Å². The van der Waals surface area contributed by atoms with Crippen LogP contribution in [-0.2, 0) is 23.8 Å².